The first kappa shape index (κ1) is 24.0. The highest BCUT2D eigenvalue weighted by molar-refractivity contribution is 7.90. The molecular weight excluding hydrogens is 464 g/mol. The van der Waals surface area contributed by atoms with Crippen molar-refractivity contribution in [3.63, 3.8) is 0 Å². The number of carbonyl (C=O) groups excluding carboxylic acids is 2. The summed E-state index contributed by atoms with van der Waals surface area (Å²) in [5.74, 6) is -0.852. The van der Waals surface area contributed by atoms with Crippen LogP contribution in [-0.2, 0) is 14.8 Å². The molecule has 7 nitrogen and oxygen atoms in total. The maximum atomic E-state index is 13.5. The van der Waals surface area contributed by atoms with Crippen LogP contribution in [0.5, 0.6) is 5.75 Å². The maximum absolute atomic E-state index is 13.5. The first-order valence-electron chi connectivity index (χ1n) is 11.1. The van der Waals surface area contributed by atoms with E-state index in [9.17, 15) is 18.0 Å². The fraction of sp³-hybridized carbons (Fsp3) is 0.111. The van der Waals surface area contributed by atoms with E-state index in [2.05, 4.69) is 4.72 Å². The number of fused-ring (bicyclic) bond motifs is 1. The highest BCUT2D eigenvalue weighted by Gasteiger charge is 2.29. The number of hydrogen-bond acceptors (Lipinski definition) is 5. The summed E-state index contributed by atoms with van der Waals surface area (Å²) in [7, 11) is -4.27. The Kier molecular flexibility index (Phi) is 7.12. The van der Waals surface area contributed by atoms with E-state index >= 15 is 0 Å². The molecule has 0 fully saturated rings. The predicted octanol–water partition coefficient (Wildman–Crippen LogP) is 5.09. The van der Waals surface area contributed by atoms with Crippen LogP contribution in [0.3, 0.4) is 0 Å². The van der Waals surface area contributed by atoms with Crippen molar-refractivity contribution in [3.8, 4) is 5.75 Å². The van der Waals surface area contributed by atoms with Gasteiger partial charge in [0, 0.05) is 12.0 Å². The van der Waals surface area contributed by atoms with Crippen molar-refractivity contribution in [2.45, 2.75) is 24.7 Å². The molecule has 0 spiro atoms. The Morgan fingerprint density at radius 1 is 0.829 bits per heavy atom. The molecule has 0 atom stereocenters. The number of hydrogen-bond donors (Lipinski definition) is 1. The van der Waals surface area contributed by atoms with Crippen LogP contribution >= 0.6 is 0 Å². The molecule has 0 aliphatic rings. The minimum absolute atomic E-state index is 0.0219. The number of carbonyl (C=O) groups is 2. The molecular formula is C27H24N2O5S. The highest BCUT2D eigenvalue weighted by atomic mass is 32.2. The number of rotatable bonds is 8. The largest absolute Gasteiger partial charge is 0.372 e. The molecule has 4 rings (SSSR count). The Bertz CT molecular complexity index is 1470. The maximum Gasteiger partial charge on any atom is 0.291 e. The number of para-hydroxylation sites is 1. The second-order valence-corrected chi connectivity index (χ2v) is 9.46. The molecule has 0 radical (unpaired) electrons. The third-order valence-electron chi connectivity index (χ3n) is 5.22. The fourth-order valence-corrected chi connectivity index (χ4v) is 4.76. The molecule has 0 aliphatic carbocycles. The van der Waals surface area contributed by atoms with E-state index in [1.54, 1.807) is 55.5 Å². The van der Waals surface area contributed by atoms with Gasteiger partial charge in [0.25, 0.3) is 15.9 Å². The molecule has 0 unspecified atom stereocenters. The number of anilines is 1. The van der Waals surface area contributed by atoms with Crippen LogP contribution in [0.4, 0.5) is 5.69 Å². The van der Waals surface area contributed by atoms with Crippen molar-refractivity contribution < 1.29 is 22.8 Å². The topological polar surface area (TPSA) is 92.8 Å². The van der Waals surface area contributed by atoms with Crippen molar-refractivity contribution in [1.29, 1.82) is 0 Å². The van der Waals surface area contributed by atoms with Gasteiger partial charge in [-0.05, 0) is 53.6 Å². The van der Waals surface area contributed by atoms with Crippen LogP contribution < -0.4 is 14.6 Å². The van der Waals surface area contributed by atoms with Gasteiger partial charge in [-0.25, -0.2) is 13.1 Å². The summed E-state index contributed by atoms with van der Waals surface area (Å²) in [5.41, 5.74) is 0.279. The lowest BCUT2D eigenvalue weighted by Gasteiger charge is -2.25. The number of benzene rings is 4. The van der Waals surface area contributed by atoms with Crippen molar-refractivity contribution in [1.82, 2.24) is 4.72 Å². The van der Waals surface area contributed by atoms with Gasteiger partial charge >= 0.3 is 0 Å². The first-order valence-corrected chi connectivity index (χ1v) is 12.6. The minimum atomic E-state index is -4.27. The van der Waals surface area contributed by atoms with Crippen molar-refractivity contribution in [2.24, 2.45) is 0 Å². The summed E-state index contributed by atoms with van der Waals surface area (Å²) in [6.07, 6.45) is 0.550. The van der Waals surface area contributed by atoms with Gasteiger partial charge in [-0.15, -0.1) is 5.06 Å². The van der Waals surface area contributed by atoms with Gasteiger partial charge in [-0.3, -0.25) is 9.59 Å². The number of nitrogens with one attached hydrogen (secondary N) is 1. The summed E-state index contributed by atoms with van der Waals surface area (Å²) in [5, 5.41) is 2.82. The van der Waals surface area contributed by atoms with Crippen LogP contribution in [0.2, 0.25) is 0 Å². The van der Waals surface area contributed by atoms with Crippen molar-refractivity contribution in [2.75, 3.05) is 5.06 Å². The van der Waals surface area contributed by atoms with Gasteiger partial charge in [-0.2, -0.15) is 0 Å². The van der Waals surface area contributed by atoms with Gasteiger partial charge in [0.05, 0.1) is 0 Å². The molecule has 35 heavy (non-hydrogen) atoms. The van der Waals surface area contributed by atoms with Crippen molar-refractivity contribution in [3.05, 3.63) is 103 Å². The fourth-order valence-electron chi connectivity index (χ4n) is 3.56. The zero-order valence-corrected chi connectivity index (χ0v) is 19.9. The third kappa shape index (κ3) is 5.50. The second-order valence-electron chi connectivity index (χ2n) is 7.81. The Balaban J connectivity index is 1.80. The van der Waals surface area contributed by atoms with E-state index < -0.39 is 21.8 Å². The van der Waals surface area contributed by atoms with E-state index in [1.807, 2.05) is 30.3 Å². The van der Waals surface area contributed by atoms with E-state index in [0.717, 1.165) is 15.8 Å². The van der Waals surface area contributed by atoms with Crippen LogP contribution in [0.1, 0.15) is 30.1 Å². The molecule has 8 heteroatoms. The molecule has 0 aliphatic heterocycles. The summed E-state index contributed by atoms with van der Waals surface area (Å²) in [6.45, 7) is 1.78. The predicted molar refractivity (Wildman–Crippen MR) is 135 cm³/mol. The lowest BCUT2D eigenvalue weighted by molar-refractivity contribution is -0.119. The van der Waals surface area contributed by atoms with E-state index in [-0.39, 0.29) is 17.0 Å². The normalized spacial score (nSPS) is 11.1. The SMILES string of the molecule is CCCC(=O)NS(=O)(=O)c1ccccc1N(Oc1ccc2ccccc2c1)C(=O)c1ccccc1. The highest BCUT2D eigenvalue weighted by Crippen LogP contribution is 2.29. The second kappa shape index (κ2) is 10.4. The van der Waals surface area contributed by atoms with Crippen LogP contribution in [0, 0.1) is 0 Å². The molecule has 2 amide bonds. The Morgan fingerprint density at radius 3 is 2.23 bits per heavy atom. The lowest BCUT2D eigenvalue weighted by Crippen LogP contribution is -2.37. The number of hydroxylamine groups is 1. The quantitative estimate of drug-likeness (QED) is 0.349. The molecule has 0 saturated heterocycles. The Morgan fingerprint density at radius 2 is 1.49 bits per heavy atom. The summed E-state index contributed by atoms with van der Waals surface area (Å²) < 4.78 is 28.3. The Labute approximate surface area is 204 Å². The number of sulfonamides is 1. The summed E-state index contributed by atoms with van der Waals surface area (Å²) in [4.78, 5) is 31.4. The first-order chi connectivity index (χ1) is 16.9. The lowest BCUT2D eigenvalue weighted by atomic mass is 10.1. The molecule has 0 bridgehead atoms. The van der Waals surface area contributed by atoms with Gasteiger partial charge in [0.15, 0.2) is 5.75 Å². The molecule has 0 heterocycles. The van der Waals surface area contributed by atoms with Gasteiger partial charge in [0.2, 0.25) is 5.91 Å². The van der Waals surface area contributed by atoms with Gasteiger partial charge < -0.3 is 4.84 Å². The van der Waals surface area contributed by atoms with Crippen molar-refractivity contribution >= 4 is 38.3 Å². The van der Waals surface area contributed by atoms with E-state index in [4.69, 9.17) is 4.84 Å². The molecule has 178 valence electrons. The molecule has 1 N–H and O–H groups in total. The number of amides is 2. The zero-order chi connectivity index (χ0) is 24.8. The van der Waals surface area contributed by atoms with Gasteiger partial charge in [-0.1, -0.05) is 67.6 Å². The van der Waals surface area contributed by atoms with Crippen LogP contribution in [0.25, 0.3) is 10.8 Å². The summed E-state index contributed by atoms with van der Waals surface area (Å²) in [6, 6.07) is 27.3. The third-order valence-corrected chi connectivity index (χ3v) is 6.64. The van der Waals surface area contributed by atoms with E-state index in [1.165, 1.54) is 18.2 Å². The molecule has 0 saturated carbocycles. The smallest absolute Gasteiger partial charge is 0.291 e. The number of nitrogens with zero attached hydrogens (tertiary/aromatic N) is 1. The standard InChI is InChI=1S/C27H24N2O5S/c1-2-10-26(30)28-35(32,33)25-16-9-8-15-24(25)29(27(31)21-12-4-3-5-13-21)34-23-18-17-20-11-6-7-14-22(20)19-23/h3-9,11-19H,2,10H2,1H3,(H,28,30). The molecule has 4 aromatic carbocycles. The van der Waals surface area contributed by atoms with Crippen LogP contribution in [-0.4, -0.2) is 20.2 Å². The Hall–Kier alpha value is -4.17. The zero-order valence-electron chi connectivity index (χ0n) is 19.0. The monoisotopic (exact) mass is 488 g/mol. The minimum Gasteiger partial charge on any atom is -0.372 e. The van der Waals surface area contributed by atoms with Gasteiger partial charge in [0.1, 0.15) is 10.6 Å². The average molecular weight is 489 g/mol. The summed E-state index contributed by atoms with van der Waals surface area (Å²) >= 11 is 0. The van der Waals surface area contributed by atoms with Crippen LogP contribution in [0.15, 0.2) is 102 Å². The average Bonchev–Trinajstić information content (AvgIpc) is 2.87. The molecule has 0 aromatic heterocycles. The molecule has 4 aromatic rings. The van der Waals surface area contributed by atoms with E-state index in [0.29, 0.717) is 17.7 Å².